The van der Waals surface area contributed by atoms with Gasteiger partial charge in [0.15, 0.2) is 0 Å². The number of aryl methyl sites for hydroxylation is 1. The van der Waals surface area contributed by atoms with Gasteiger partial charge in [-0.05, 0) is 23.6 Å². The minimum absolute atomic E-state index is 0.00292. The Labute approximate surface area is 159 Å². The van der Waals surface area contributed by atoms with Crippen LogP contribution in [-0.2, 0) is 13.6 Å². The van der Waals surface area contributed by atoms with Crippen LogP contribution in [0, 0.1) is 17.7 Å². The summed E-state index contributed by atoms with van der Waals surface area (Å²) in [6.07, 6.45) is 3.72. The van der Waals surface area contributed by atoms with Crippen molar-refractivity contribution < 1.29 is 9.18 Å². The van der Waals surface area contributed by atoms with Crippen molar-refractivity contribution in [3.05, 3.63) is 53.9 Å². The van der Waals surface area contributed by atoms with E-state index in [1.807, 2.05) is 35.1 Å². The number of carbonyl (C=O) groups is 1. The highest BCUT2D eigenvalue weighted by Gasteiger charge is 2.49. The summed E-state index contributed by atoms with van der Waals surface area (Å²) in [5.74, 6) is 0.456. The summed E-state index contributed by atoms with van der Waals surface area (Å²) in [7, 11) is 5.55. The lowest BCUT2D eigenvalue weighted by atomic mass is 9.89. The average molecular weight is 371 g/mol. The molecule has 4 rings (SSSR count). The van der Waals surface area contributed by atoms with Gasteiger partial charge in [-0.15, -0.1) is 0 Å². The molecule has 2 amide bonds. The van der Waals surface area contributed by atoms with E-state index in [1.54, 1.807) is 31.1 Å². The standard InChI is InChI=1S/C20H26FN5O/c1-23(2)20(27)26-10-15-9-25(11-17-8-22-13-24(17)3)12-18(15)19(26)14-5-4-6-16(21)7-14/h4-8,13,15,18-19H,9-12H2,1-3H3/t15-,18-,19+/m1/s1. The highest BCUT2D eigenvalue weighted by atomic mass is 19.1. The van der Waals surface area contributed by atoms with Gasteiger partial charge in [0, 0.05) is 59.4 Å². The van der Waals surface area contributed by atoms with E-state index < -0.39 is 0 Å². The Morgan fingerprint density at radius 2 is 2.11 bits per heavy atom. The molecule has 7 heteroatoms. The summed E-state index contributed by atoms with van der Waals surface area (Å²) in [5.41, 5.74) is 2.07. The van der Waals surface area contributed by atoms with Gasteiger partial charge < -0.3 is 14.4 Å². The molecule has 2 fully saturated rings. The predicted molar refractivity (Wildman–Crippen MR) is 100 cm³/mol. The first-order valence-corrected chi connectivity index (χ1v) is 9.35. The fourth-order valence-corrected chi connectivity index (χ4v) is 4.60. The zero-order valence-corrected chi connectivity index (χ0v) is 16.0. The molecule has 2 aliphatic heterocycles. The third kappa shape index (κ3) is 3.32. The van der Waals surface area contributed by atoms with Crippen LogP contribution in [-0.4, -0.2) is 64.0 Å². The molecular weight excluding hydrogens is 345 g/mol. The van der Waals surface area contributed by atoms with Gasteiger partial charge >= 0.3 is 6.03 Å². The highest BCUT2D eigenvalue weighted by molar-refractivity contribution is 5.75. The Morgan fingerprint density at radius 1 is 1.30 bits per heavy atom. The Bertz CT molecular complexity index is 835. The van der Waals surface area contributed by atoms with Gasteiger partial charge in [0.1, 0.15) is 5.82 Å². The molecule has 6 nitrogen and oxygen atoms in total. The van der Waals surface area contributed by atoms with Crippen molar-refractivity contribution in [1.29, 1.82) is 0 Å². The molecule has 0 unspecified atom stereocenters. The van der Waals surface area contributed by atoms with Gasteiger partial charge in [-0.1, -0.05) is 12.1 Å². The average Bonchev–Trinajstić information content (AvgIpc) is 3.29. The van der Waals surface area contributed by atoms with Crippen molar-refractivity contribution in [2.45, 2.75) is 12.6 Å². The molecule has 0 bridgehead atoms. The van der Waals surface area contributed by atoms with Crippen LogP contribution < -0.4 is 0 Å². The van der Waals surface area contributed by atoms with Gasteiger partial charge in [-0.25, -0.2) is 14.2 Å². The smallest absolute Gasteiger partial charge is 0.320 e. The maximum absolute atomic E-state index is 13.9. The van der Waals surface area contributed by atoms with Crippen molar-refractivity contribution in [2.75, 3.05) is 33.7 Å². The van der Waals surface area contributed by atoms with Crippen LogP contribution in [0.15, 0.2) is 36.8 Å². The van der Waals surface area contributed by atoms with Crippen molar-refractivity contribution in [2.24, 2.45) is 18.9 Å². The largest absolute Gasteiger partial charge is 0.337 e. The molecule has 0 aliphatic carbocycles. The van der Waals surface area contributed by atoms with E-state index in [9.17, 15) is 9.18 Å². The molecule has 3 heterocycles. The second-order valence-electron chi connectivity index (χ2n) is 7.94. The highest BCUT2D eigenvalue weighted by Crippen LogP contribution is 2.45. The molecule has 0 spiro atoms. The van der Waals surface area contributed by atoms with Crippen LogP contribution >= 0.6 is 0 Å². The first-order valence-electron chi connectivity index (χ1n) is 9.35. The maximum atomic E-state index is 13.9. The molecule has 2 aliphatic rings. The molecule has 1 aromatic carbocycles. The van der Waals surface area contributed by atoms with Gasteiger partial charge in [0.25, 0.3) is 0 Å². The molecule has 0 saturated carbocycles. The number of hydrogen-bond donors (Lipinski definition) is 0. The molecule has 2 aromatic rings. The second kappa shape index (κ2) is 6.96. The van der Waals surface area contributed by atoms with Crippen LogP contribution in [0.4, 0.5) is 9.18 Å². The minimum atomic E-state index is -0.252. The Morgan fingerprint density at radius 3 is 2.78 bits per heavy atom. The molecule has 2 saturated heterocycles. The quantitative estimate of drug-likeness (QED) is 0.832. The number of rotatable bonds is 3. The molecule has 27 heavy (non-hydrogen) atoms. The number of nitrogens with zero attached hydrogens (tertiary/aromatic N) is 5. The van der Waals surface area contributed by atoms with Crippen LogP contribution in [0.2, 0.25) is 0 Å². The third-order valence-corrected chi connectivity index (χ3v) is 5.86. The minimum Gasteiger partial charge on any atom is -0.337 e. The van der Waals surface area contributed by atoms with Crippen LogP contribution in [0.3, 0.4) is 0 Å². The van der Waals surface area contributed by atoms with Crippen LogP contribution in [0.1, 0.15) is 17.3 Å². The molecule has 1 aromatic heterocycles. The van der Waals surface area contributed by atoms with E-state index >= 15 is 0 Å². The SMILES string of the molecule is CN(C)C(=O)N1C[C@H]2CN(Cc3cncn3C)C[C@H]2[C@@H]1c1cccc(F)c1. The Hall–Kier alpha value is -2.41. The summed E-state index contributed by atoms with van der Waals surface area (Å²) in [4.78, 5) is 22.9. The van der Waals surface area contributed by atoms with Gasteiger partial charge in [0.05, 0.1) is 18.1 Å². The number of likely N-dealkylation sites (tertiary alicyclic amines) is 2. The molecule has 3 atom stereocenters. The zero-order chi connectivity index (χ0) is 19.1. The topological polar surface area (TPSA) is 44.6 Å². The van der Waals surface area contributed by atoms with E-state index in [2.05, 4.69) is 9.88 Å². The van der Waals surface area contributed by atoms with Crippen molar-refractivity contribution in [3.63, 3.8) is 0 Å². The molecule has 0 N–H and O–H groups in total. The lowest BCUT2D eigenvalue weighted by molar-refractivity contribution is 0.151. The van der Waals surface area contributed by atoms with Gasteiger partial charge in [0.2, 0.25) is 0 Å². The van der Waals surface area contributed by atoms with E-state index in [0.29, 0.717) is 18.4 Å². The van der Waals surface area contributed by atoms with E-state index in [1.165, 1.54) is 11.8 Å². The normalized spacial score (nSPS) is 25.0. The van der Waals surface area contributed by atoms with Crippen LogP contribution in [0.5, 0.6) is 0 Å². The number of hydrogen-bond acceptors (Lipinski definition) is 3. The van der Waals surface area contributed by atoms with Crippen molar-refractivity contribution in [3.8, 4) is 0 Å². The molecule has 0 radical (unpaired) electrons. The maximum Gasteiger partial charge on any atom is 0.320 e. The van der Waals surface area contributed by atoms with Crippen molar-refractivity contribution in [1.82, 2.24) is 24.3 Å². The van der Waals surface area contributed by atoms with Gasteiger partial charge in [-0.2, -0.15) is 0 Å². The number of halogens is 1. The van der Waals surface area contributed by atoms with Gasteiger partial charge in [-0.3, -0.25) is 4.90 Å². The number of urea groups is 1. The second-order valence-corrected chi connectivity index (χ2v) is 7.94. The number of benzene rings is 1. The lowest BCUT2D eigenvalue weighted by Crippen LogP contribution is -2.41. The summed E-state index contributed by atoms with van der Waals surface area (Å²) >= 11 is 0. The predicted octanol–water partition coefficient (Wildman–Crippen LogP) is 2.35. The number of carbonyl (C=O) groups excluding carboxylic acids is 1. The van der Waals surface area contributed by atoms with E-state index in [4.69, 9.17) is 0 Å². The summed E-state index contributed by atoms with van der Waals surface area (Å²) in [6.45, 7) is 3.40. The third-order valence-electron chi connectivity index (χ3n) is 5.86. The fourth-order valence-electron chi connectivity index (χ4n) is 4.60. The number of imidazole rings is 1. The van der Waals surface area contributed by atoms with Crippen LogP contribution in [0.25, 0.3) is 0 Å². The summed E-state index contributed by atoms with van der Waals surface area (Å²) in [6, 6.07) is 6.62. The monoisotopic (exact) mass is 371 g/mol. The molecule has 144 valence electrons. The first-order chi connectivity index (χ1) is 12.9. The number of amides is 2. The zero-order valence-electron chi connectivity index (χ0n) is 16.0. The Balaban J connectivity index is 1.59. The number of fused-ring (bicyclic) bond motifs is 1. The first kappa shape index (κ1) is 18.0. The van der Waals surface area contributed by atoms with E-state index in [0.717, 1.165) is 25.2 Å². The summed E-state index contributed by atoms with van der Waals surface area (Å²) < 4.78 is 15.9. The van der Waals surface area contributed by atoms with Crippen molar-refractivity contribution >= 4 is 6.03 Å². The lowest BCUT2D eigenvalue weighted by Gasteiger charge is -2.32. The summed E-state index contributed by atoms with van der Waals surface area (Å²) in [5, 5.41) is 0. The van der Waals surface area contributed by atoms with E-state index in [-0.39, 0.29) is 17.9 Å². The Kier molecular flexibility index (Phi) is 4.63. The fraction of sp³-hybridized carbons (Fsp3) is 0.500. The molecular formula is C20H26FN5O. The number of aromatic nitrogens is 2.